The van der Waals surface area contributed by atoms with Gasteiger partial charge in [0.2, 0.25) is 0 Å². The largest absolute Gasteiger partial charge is 0.435 e. The molecule has 0 saturated heterocycles. The Labute approximate surface area is 119 Å². The summed E-state index contributed by atoms with van der Waals surface area (Å²) in [6, 6.07) is 6.08. The van der Waals surface area contributed by atoms with Gasteiger partial charge in [-0.25, -0.2) is 0 Å². The van der Waals surface area contributed by atoms with Crippen molar-refractivity contribution in [2.75, 3.05) is 5.32 Å². The van der Waals surface area contributed by atoms with Gasteiger partial charge in [0, 0.05) is 18.8 Å². The van der Waals surface area contributed by atoms with E-state index in [0.717, 1.165) is 21.9 Å². The molecular weight excluding hydrogens is 283 g/mol. The number of nitrogens with zero attached hydrogens (tertiary/aromatic N) is 2. The Morgan fingerprint density at radius 2 is 1.95 bits per heavy atom. The molecule has 0 saturated carbocycles. The quantitative estimate of drug-likeness (QED) is 0.924. The first kappa shape index (κ1) is 15.1. The summed E-state index contributed by atoms with van der Waals surface area (Å²) in [4.78, 5) is 12.1. The van der Waals surface area contributed by atoms with Gasteiger partial charge in [0.25, 0.3) is 5.91 Å². The summed E-state index contributed by atoms with van der Waals surface area (Å²) in [7, 11) is 1.30. The van der Waals surface area contributed by atoms with Crippen LogP contribution in [0.15, 0.2) is 24.3 Å². The van der Waals surface area contributed by atoms with Gasteiger partial charge in [-0.1, -0.05) is 12.1 Å². The number of hydrogen-bond acceptors (Lipinski definition) is 2. The molecular formula is C14H14F3N3O. The normalized spacial score (nSPS) is 11.5. The highest BCUT2D eigenvalue weighted by molar-refractivity contribution is 6.03. The van der Waals surface area contributed by atoms with E-state index in [-0.39, 0.29) is 5.69 Å². The number of benzene rings is 1. The zero-order chi connectivity index (χ0) is 15.8. The summed E-state index contributed by atoms with van der Waals surface area (Å²) in [5.41, 5.74) is 1.17. The third-order valence-corrected chi connectivity index (χ3v) is 3.26. The molecule has 0 aliphatic carbocycles. The van der Waals surface area contributed by atoms with E-state index in [9.17, 15) is 18.0 Å². The molecule has 0 bridgehead atoms. The number of amides is 1. The van der Waals surface area contributed by atoms with E-state index in [2.05, 4.69) is 10.4 Å². The van der Waals surface area contributed by atoms with E-state index in [0.29, 0.717) is 5.69 Å². The van der Waals surface area contributed by atoms with Crippen LogP contribution in [0, 0.1) is 13.8 Å². The van der Waals surface area contributed by atoms with Crippen molar-refractivity contribution < 1.29 is 18.0 Å². The average molecular weight is 297 g/mol. The molecule has 21 heavy (non-hydrogen) atoms. The molecule has 0 aliphatic rings. The highest BCUT2D eigenvalue weighted by Crippen LogP contribution is 2.28. The minimum absolute atomic E-state index is 0.150. The van der Waals surface area contributed by atoms with Crippen molar-refractivity contribution in [3.05, 3.63) is 46.8 Å². The van der Waals surface area contributed by atoms with Crippen LogP contribution < -0.4 is 5.32 Å². The number of carbonyl (C=O) groups excluding carboxylic acids is 1. The molecule has 7 heteroatoms. The number of halogens is 3. The number of rotatable bonds is 2. The first-order chi connectivity index (χ1) is 9.70. The molecule has 0 unspecified atom stereocenters. The Bertz CT molecular complexity index is 689. The van der Waals surface area contributed by atoms with Crippen LogP contribution >= 0.6 is 0 Å². The fraction of sp³-hybridized carbons (Fsp3) is 0.286. The summed E-state index contributed by atoms with van der Waals surface area (Å²) in [5, 5.41) is 5.92. The summed E-state index contributed by atoms with van der Waals surface area (Å²) in [6.07, 6.45) is -4.57. The fourth-order valence-corrected chi connectivity index (χ4v) is 1.89. The zero-order valence-corrected chi connectivity index (χ0v) is 11.7. The van der Waals surface area contributed by atoms with Crippen LogP contribution in [0.25, 0.3) is 0 Å². The molecule has 2 rings (SSSR count). The molecule has 1 aromatic heterocycles. The second kappa shape index (κ2) is 5.23. The molecule has 0 atom stereocenters. The van der Waals surface area contributed by atoms with E-state index in [1.54, 1.807) is 12.1 Å². The van der Waals surface area contributed by atoms with Crippen molar-refractivity contribution in [1.82, 2.24) is 9.78 Å². The van der Waals surface area contributed by atoms with Crippen molar-refractivity contribution >= 4 is 11.6 Å². The second-order valence-corrected chi connectivity index (χ2v) is 4.74. The Morgan fingerprint density at radius 3 is 2.52 bits per heavy atom. The lowest BCUT2D eigenvalue weighted by Gasteiger charge is -2.10. The van der Waals surface area contributed by atoms with Crippen LogP contribution in [0.2, 0.25) is 0 Å². The Hall–Kier alpha value is -2.31. The highest BCUT2D eigenvalue weighted by Gasteiger charge is 2.35. The molecule has 1 amide bonds. The molecule has 0 spiro atoms. The van der Waals surface area contributed by atoms with E-state index in [1.165, 1.54) is 7.05 Å². The first-order valence-corrected chi connectivity index (χ1v) is 6.19. The van der Waals surface area contributed by atoms with Crippen LogP contribution in [0.1, 0.15) is 27.3 Å². The number of alkyl halides is 3. The highest BCUT2D eigenvalue weighted by atomic mass is 19.4. The van der Waals surface area contributed by atoms with Gasteiger partial charge in [-0.3, -0.25) is 9.48 Å². The monoisotopic (exact) mass is 297 g/mol. The van der Waals surface area contributed by atoms with Gasteiger partial charge in [-0.15, -0.1) is 0 Å². The number of hydrogen-bond donors (Lipinski definition) is 1. The van der Waals surface area contributed by atoms with Gasteiger partial charge in [-0.05, 0) is 31.0 Å². The van der Waals surface area contributed by atoms with Crippen LogP contribution in [0.4, 0.5) is 18.9 Å². The molecule has 0 fully saturated rings. The van der Waals surface area contributed by atoms with Crippen molar-refractivity contribution in [3.63, 3.8) is 0 Å². The molecule has 0 aliphatic heterocycles. The predicted molar refractivity (Wildman–Crippen MR) is 72.1 cm³/mol. The van der Waals surface area contributed by atoms with Crippen molar-refractivity contribution in [3.8, 4) is 0 Å². The minimum Gasteiger partial charge on any atom is -0.320 e. The molecule has 2 aromatic rings. The van der Waals surface area contributed by atoms with E-state index >= 15 is 0 Å². The van der Waals surface area contributed by atoms with Crippen LogP contribution in [-0.4, -0.2) is 15.7 Å². The van der Waals surface area contributed by atoms with Gasteiger partial charge in [0.1, 0.15) is 5.69 Å². The maximum absolute atomic E-state index is 12.6. The molecule has 1 aromatic carbocycles. The second-order valence-electron chi connectivity index (χ2n) is 4.74. The van der Waals surface area contributed by atoms with Crippen LogP contribution in [0.3, 0.4) is 0 Å². The number of nitrogens with one attached hydrogen (secondary N) is 1. The lowest BCUT2D eigenvalue weighted by atomic mass is 10.1. The summed E-state index contributed by atoms with van der Waals surface area (Å²) in [6.45, 7) is 3.71. The van der Waals surface area contributed by atoms with Gasteiger partial charge in [0.15, 0.2) is 5.69 Å². The molecule has 1 N–H and O–H groups in total. The maximum atomic E-state index is 12.6. The third-order valence-electron chi connectivity index (χ3n) is 3.26. The number of anilines is 1. The maximum Gasteiger partial charge on any atom is 0.435 e. The van der Waals surface area contributed by atoms with Crippen molar-refractivity contribution in [2.24, 2.45) is 7.05 Å². The van der Waals surface area contributed by atoms with Gasteiger partial charge < -0.3 is 5.32 Å². The number of aryl methyl sites for hydroxylation is 2. The average Bonchev–Trinajstić information content (AvgIpc) is 2.77. The standard InChI is InChI=1S/C14H14F3N3O/c1-8-5-4-6-10(9(8)2)18-13(21)11-7-12(14(15,16)17)19-20(11)3/h4-7H,1-3H3,(H,18,21). The van der Waals surface area contributed by atoms with Gasteiger partial charge >= 0.3 is 6.18 Å². The molecule has 112 valence electrons. The lowest BCUT2D eigenvalue weighted by Crippen LogP contribution is -2.16. The van der Waals surface area contributed by atoms with E-state index in [1.807, 2.05) is 19.9 Å². The molecule has 0 radical (unpaired) electrons. The van der Waals surface area contributed by atoms with Crippen molar-refractivity contribution in [1.29, 1.82) is 0 Å². The van der Waals surface area contributed by atoms with Crippen LogP contribution in [0.5, 0.6) is 0 Å². The smallest absolute Gasteiger partial charge is 0.320 e. The molecule has 4 nitrogen and oxygen atoms in total. The Kier molecular flexibility index (Phi) is 3.76. The SMILES string of the molecule is Cc1cccc(NC(=O)c2cc(C(F)(F)F)nn2C)c1C. The summed E-state index contributed by atoms with van der Waals surface area (Å²) in [5.74, 6) is -0.630. The Morgan fingerprint density at radius 1 is 1.29 bits per heavy atom. The third kappa shape index (κ3) is 3.07. The lowest BCUT2D eigenvalue weighted by molar-refractivity contribution is -0.141. The molecule has 1 heterocycles. The predicted octanol–water partition coefficient (Wildman–Crippen LogP) is 3.31. The Balaban J connectivity index is 2.29. The summed E-state index contributed by atoms with van der Waals surface area (Å²) >= 11 is 0. The van der Waals surface area contributed by atoms with Gasteiger partial charge in [-0.2, -0.15) is 18.3 Å². The topological polar surface area (TPSA) is 46.9 Å². The number of aromatic nitrogens is 2. The van der Waals surface area contributed by atoms with Crippen molar-refractivity contribution in [2.45, 2.75) is 20.0 Å². The summed E-state index contributed by atoms with van der Waals surface area (Å²) < 4.78 is 38.7. The van der Waals surface area contributed by atoms with Crippen LogP contribution in [-0.2, 0) is 13.2 Å². The fourth-order valence-electron chi connectivity index (χ4n) is 1.89. The first-order valence-electron chi connectivity index (χ1n) is 6.19. The minimum atomic E-state index is -4.57. The van der Waals surface area contributed by atoms with Gasteiger partial charge in [0.05, 0.1) is 0 Å². The zero-order valence-electron chi connectivity index (χ0n) is 11.7. The van der Waals surface area contributed by atoms with E-state index in [4.69, 9.17) is 0 Å². The van der Waals surface area contributed by atoms with E-state index < -0.39 is 17.8 Å². The number of carbonyl (C=O) groups is 1.